The predicted molar refractivity (Wildman–Crippen MR) is 87.1 cm³/mol. The number of carbonyl (C=O) groups is 2. The van der Waals surface area contributed by atoms with Crippen molar-refractivity contribution in [3.05, 3.63) is 45.1 Å². The van der Waals surface area contributed by atoms with Gasteiger partial charge >= 0.3 is 12.0 Å². The maximum Gasteiger partial charge on any atom is 0.338 e. The molecule has 1 atom stereocenters. The molecule has 10 nitrogen and oxygen atoms in total. The molecule has 0 radical (unpaired) electrons. The topological polar surface area (TPSA) is 143 Å². The number of urea groups is 1. The first-order valence-corrected chi connectivity index (χ1v) is 7.83. The van der Waals surface area contributed by atoms with Crippen molar-refractivity contribution in [3.63, 3.8) is 0 Å². The lowest BCUT2D eigenvalue weighted by Crippen LogP contribution is -2.45. The van der Waals surface area contributed by atoms with Gasteiger partial charge in [0.2, 0.25) is 0 Å². The molecule has 2 amide bonds. The Balaban J connectivity index is 2.33. The molecule has 0 aliphatic carbocycles. The molecule has 0 spiro atoms. The van der Waals surface area contributed by atoms with Gasteiger partial charge in [-0.1, -0.05) is 12.1 Å². The quantitative estimate of drug-likeness (QED) is 0.316. The van der Waals surface area contributed by atoms with Crippen molar-refractivity contribution in [2.45, 2.75) is 19.9 Å². The van der Waals surface area contributed by atoms with Crippen molar-refractivity contribution in [1.82, 2.24) is 10.6 Å². The second-order valence-corrected chi connectivity index (χ2v) is 5.39. The number of nitrogens with zero attached hydrogens (tertiary/aromatic N) is 1. The second kappa shape index (κ2) is 8.30. The van der Waals surface area contributed by atoms with Gasteiger partial charge in [-0.05, 0) is 25.2 Å². The fourth-order valence-corrected chi connectivity index (χ4v) is 2.49. The van der Waals surface area contributed by atoms with Crippen molar-refractivity contribution in [3.8, 4) is 5.75 Å². The molecule has 26 heavy (non-hydrogen) atoms. The van der Waals surface area contributed by atoms with Gasteiger partial charge in [0.1, 0.15) is 6.61 Å². The number of amides is 2. The van der Waals surface area contributed by atoms with E-state index in [0.29, 0.717) is 6.61 Å². The number of hydrogen-bond acceptors (Lipinski definition) is 7. The van der Waals surface area contributed by atoms with Crippen LogP contribution < -0.4 is 15.7 Å². The molecule has 2 N–H and O–H groups in total. The third-order valence-electron chi connectivity index (χ3n) is 3.67. The summed E-state index contributed by atoms with van der Waals surface area (Å²) in [5, 5.41) is 27.6. The van der Waals surface area contributed by atoms with Gasteiger partial charge < -0.3 is 25.2 Å². The third kappa shape index (κ3) is 4.28. The van der Waals surface area contributed by atoms with Crippen LogP contribution in [0.5, 0.6) is 5.75 Å². The molecule has 1 aliphatic heterocycles. The van der Waals surface area contributed by atoms with Gasteiger partial charge in [0.25, 0.3) is 5.69 Å². The Bertz CT molecular complexity index is 760. The van der Waals surface area contributed by atoms with Crippen LogP contribution in [0, 0.1) is 10.1 Å². The number of benzene rings is 1. The minimum atomic E-state index is -0.984. The maximum absolute atomic E-state index is 12.4. The summed E-state index contributed by atoms with van der Waals surface area (Å²) in [5.74, 6) is -1.46. The van der Waals surface area contributed by atoms with E-state index in [1.807, 2.05) is 0 Å². The van der Waals surface area contributed by atoms with Crippen LogP contribution in [-0.2, 0) is 14.3 Å². The summed E-state index contributed by atoms with van der Waals surface area (Å²) in [6.45, 7) is 4.03. The fourth-order valence-electron chi connectivity index (χ4n) is 2.49. The molecule has 1 aromatic rings. The highest BCUT2D eigenvalue weighted by molar-refractivity contribution is 5.95. The van der Waals surface area contributed by atoms with Crippen LogP contribution in [-0.4, -0.2) is 36.7 Å². The van der Waals surface area contributed by atoms with Crippen LogP contribution in [0.25, 0.3) is 0 Å². The van der Waals surface area contributed by atoms with Gasteiger partial charge in [-0.15, -0.1) is 0 Å². The van der Waals surface area contributed by atoms with Crippen LogP contribution >= 0.6 is 0 Å². The lowest BCUT2D eigenvalue weighted by Gasteiger charge is -2.28. The van der Waals surface area contributed by atoms with E-state index in [4.69, 9.17) is 9.47 Å². The number of esters is 1. The molecule has 0 bridgehead atoms. The number of nitro benzene ring substituents is 1. The zero-order chi connectivity index (χ0) is 19.3. The summed E-state index contributed by atoms with van der Waals surface area (Å²) in [6, 6.07) is 1.83. The van der Waals surface area contributed by atoms with Crippen molar-refractivity contribution in [1.29, 1.82) is 0 Å². The molecule has 140 valence electrons. The van der Waals surface area contributed by atoms with Crippen LogP contribution in [0.1, 0.15) is 25.5 Å². The number of ether oxygens (including phenoxy) is 2. The number of nitrogens with one attached hydrogen (secondary N) is 2. The normalized spacial score (nSPS) is 16.7. The molecule has 1 aliphatic rings. The summed E-state index contributed by atoms with van der Waals surface area (Å²) in [4.78, 5) is 34.4. The maximum atomic E-state index is 12.4. The molecule has 10 heteroatoms. The first kappa shape index (κ1) is 19.2. The highest BCUT2D eigenvalue weighted by Crippen LogP contribution is 2.32. The zero-order valence-electron chi connectivity index (χ0n) is 14.2. The monoisotopic (exact) mass is 364 g/mol. The van der Waals surface area contributed by atoms with Crippen molar-refractivity contribution >= 4 is 17.7 Å². The van der Waals surface area contributed by atoms with E-state index < -0.39 is 34.4 Å². The van der Waals surface area contributed by atoms with Gasteiger partial charge in [-0.2, -0.15) is 0 Å². The van der Waals surface area contributed by atoms with Gasteiger partial charge in [-0.25, -0.2) is 9.59 Å². The Hall–Kier alpha value is -3.14. The molecular weight excluding hydrogens is 346 g/mol. The fraction of sp³-hybridized carbons (Fsp3) is 0.375. The minimum Gasteiger partial charge on any atom is -0.868 e. The molecule has 0 saturated carbocycles. The lowest BCUT2D eigenvalue weighted by atomic mass is 9.95. The minimum absolute atomic E-state index is 0.0176. The number of nitro groups is 1. The molecule has 0 saturated heterocycles. The number of carbonyl (C=O) groups excluding carboxylic acids is 2. The van der Waals surface area contributed by atoms with Crippen LogP contribution in [0.4, 0.5) is 10.5 Å². The SMILES string of the molecule is CCOCCOC(=O)C1=C(C)NC(=O)N[C@@H]1c1ccc([O-])c([N+](=O)[O-])c1. The van der Waals surface area contributed by atoms with Crippen LogP contribution in [0.3, 0.4) is 0 Å². The predicted octanol–water partition coefficient (Wildman–Crippen LogP) is 0.876. The third-order valence-corrected chi connectivity index (χ3v) is 3.67. The Kier molecular flexibility index (Phi) is 6.12. The summed E-state index contributed by atoms with van der Waals surface area (Å²) >= 11 is 0. The van der Waals surface area contributed by atoms with Gasteiger partial charge in [-0.3, -0.25) is 10.1 Å². The van der Waals surface area contributed by atoms with Crippen molar-refractivity contribution in [2.75, 3.05) is 19.8 Å². The summed E-state index contributed by atoms with van der Waals surface area (Å²) in [7, 11) is 0. The Morgan fingerprint density at radius 2 is 2.08 bits per heavy atom. The first-order valence-electron chi connectivity index (χ1n) is 7.83. The van der Waals surface area contributed by atoms with Gasteiger partial charge in [0.15, 0.2) is 0 Å². The van der Waals surface area contributed by atoms with E-state index in [-0.39, 0.29) is 30.0 Å². The number of rotatable bonds is 7. The van der Waals surface area contributed by atoms with Crippen molar-refractivity contribution in [2.24, 2.45) is 0 Å². The van der Waals surface area contributed by atoms with Gasteiger partial charge in [0, 0.05) is 18.4 Å². The molecule has 1 heterocycles. The van der Waals surface area contributed by atoms with E-state index in [2.05, 4.69) is 10.6 Å². The highest BCUT2D eigenvalue weighted by Gasteiger charge is 2.33. The molecule has 0 unspecified atom stereocenters. The Morgan fingerprint density at radius 3 is 2.73 bits per heavy atom. The Morgan fingerprint density at radius 1 is 1.35 bits per heavy atom. The average molecular weight is 364 g/mol. The number of hydrogen-bond donors (Lipinski definition) is 2. The lowest BCUT2D eigenvalue weighted by molar-refractivity contribution is -0.398. The van der Waals surface area contributed by atoms with Crippen LogP contribution in [0.15, 0.2) is 29.5 Å². The van der Waals surface area contributed by atoms with E-state index in [0.717, 1.165) is 12.1 Å². The summed E-state index contributed by atoms with van der Waals surface area (Å²) < 4.78 is 10.2. The molecule has 0 aromatic heterocycles. The Labute approximate surface area is 148 Å². The molecule has 2 rings (SSSR count). The second-order valence-electron chi connectivity index (χ2n) is 5.39. The zero-order valence-corrected chi connectivity index (χ0v) is 14.2. The van der Waals surface area contributed by atoms with Crippen molar-refractivity contribution < 1.29 is 29.1 Å². The molecular formula is C16H18N3O7-. The summed E-state index contributed by atoms with van der Waals surface area (Å²) in [6.07, 6.45) is 0. The van der Waals surface area contributed by atoms with E-state index in [1.165, 1.54) is 13.0 Å². The largest absolute Gasteiger partial charge is 0.868 e. The average Bonchev–Trinajstić information content (AvgIpc) is 2.58. The van der Waals surface area contributed by atoms with E-state index >= 15 is 0 Å². The summed E-state index contributed by atoms with van der Waals surface area (Å²) in [5.41, 5.74) is -0.0673. The molecule has 1 aromatic carbocycles. The first-order chi connectivity index (χ1) is 12.3. The van der Waals surface area contributed by atoms with E-state index in [9.17, 15) is 24.8 Å². The highest BCUT2D eigenvalue weighted by atomic mass is 16.6. The van der Waals surface area contributed by atoms with Crippen LogP contribution in [0.2, 0.25) is 0 Å². The smallest absolute Gasteiger partial charge is 0.338 e. The van der Waals surface area contributed by atoms with Gasteiger partial charge in [0.05, 0.1) is 23.1 Å². The number of allylic oxidation sites excluding steroid dienone is 1. The molecule has 0 fully saturated rings. The van der Waals surface area contributed by atoms with E-state index in [1.54, 1.807) is 6.92 Å². The standard InChI is InChI=1S/C16H19N3O7/c1-3-25-6-7-26-15(21)13-9(2)17-16(22)18-14(13)10-4-5-12(20)11(8-10)19(23)24/h4-5,8,14,20H,3,6-7H2,1-2H3,(H2,17,18,22)/p-1/t14-/m1/s1.